The molecular formula is C22H34IN5OS. The van der Waals surface area contributed by atoms with Crippen molar-refractivity contribution in [1.82, 2.24) is 20.0 Å². The van der Waals surface area contributed by atoms with Gasteiger partial charge in [-0.1, -0.05) is 25.1 Å². The molecule has 0 bridgehead atoms. The van der Waals surface area contributed by atoms with E-state index in [-0.39, 0.29) is 28.7 Å². The molecule has 30 heavy (non-hydrogen) atoms. The summed E-state index contributed by atoms with van der Waals surface area (Å²) in [5, 5.41) is 7.96. The maximum absolute atomic E-state index is 5.59. The van der Waals surface area contributed by atoms with E-state index in [9.17, 15) is 0 Å². The van der Waals surface area contributed by atoms with Crippen molar-refractivity contribution < 1.29 is 4.74 Å². The fourth-order valence-corrected chi connectivity index (χ4v) is 4.82. The van der Waals surface area contributed by atoms with Crippen LogP contribution in [0, 0.1) is 0 Å². The molecule has 8 heteroatoms. The van der Waals surface area contributed by atoms with Crippen molar-refractivity contribution >= 4 is 41.7 Å². The quantitative estimate of drug-likeness (QED) is 0.308. The molecule has 3 rings (SSSR count). The smallest absolute Gasteiger partial charge is 0.194 e. The summed E-state index contributed by atoms with van der Waals surface area (Å²) < 4.78 is 7.71. The van der Waals surface area contributed by atoms with Crippen molar-refractivity contribution in [3.63, 3.8) is 0 Å². The van der Waals surface area contributed by atoms with Crippen molar-refractivity contribution in [2.45, 2.75) is 38.0 Å². The lowest BCUT2D eigenvalue weighted by molar-refractivity contribution is 0.0793. The van der Waals surface area contributed by atoms with Gasteiger partial charge in [-0.2, -0.15) is 16.9 Å². The summed E-state index contributed by atoms with van der Waals surface area (Å²) in [6.07, 6.45) is 6.16. The third kappa shape index (κ3) is 6.88. The van der Waals surface area contributed by atoms with Crippen LogP contribution in [-0.4, -0.2) is 64.5 Å². The fourth-order valence-electron chi connectivity index (χ4n) is 3.60. The van der Waals surface area contributed by atoms with Crippen molar-refractivity contribution in [3.05, 3.63) is 48.3 Å². The van der Waals surface area contributed by atoms with Crippen molar-refractivity contribution in [2.24, 2.45) is 4.99 Å². The van der Waals surface area contributed by atoms with Gasteiger partial charge in [0.15, 0.2) is 5.96 Å². The standard InChI is InChI=1S/C22H33N5OS.HI/c1-4-23-21(24-18-22(29-5-2)11-13-28-14-12-22)26(3)16-19-15-25-27(17-19)20-9-7-6-8-10-20;/h6-10,15,17H,4-5,11-14,16,18H2,1-3H3,(H,23,24);1H. The van der Waals surface area contributed by atoms with Gasteiger partial charge in [0.05, 0.1) is 18.4 Å². The van der Waals surface area contributed by atoms with Gasteiger partial charge in [0.1, 0.15) is 0 Å². The molecule has 0 amide bonds. The predicted molar refractivity (Wildman–Crippen MR) is 137 cm³/mol. The number of para-hydroxylation sites is 1. The molecule has 0 saturated carbocycles. The molecule has 2 aromatic rings. The van der Waals surface area contributed by atoms with E-state index in [1.807, 2.05) is 40.8 Å². The molecule has 1 aromatic carbocycles. The molecule has 2 heterocycles. The number of aliphatic imine (C=N–C) groups is 1. The first kappa shape index (κ1) is 25.0. The number of aromatic nitrogens is 2. The van der Waals surface area contributed by atoms with E-state index in [1.165, 1.54) is 0 Å². The van der Waals surface area contributed by atoms with E-state index in [0.29, 0.717) is 0 Å². The average molecular weight is 544 g/mol. The van der Waals surface area contributed by atoms with Crippen molar-refractivity contribution in [2.75, 3.05) is 39.1 Å². The lowest BCUT2D eigenvalue weighted by Gasteiger charge is -2.35. The number of rotatable bonds is 8. The highest BCUT2D eigenvalue weighted by atomic mass is 127. The summed E-state index contributed by atoms with van der Waals surface area (Å²) in [7, 11) is 2.09. The first-order chi connectivity index (χ1) is 14.2. The van der Waals surface area contributed by atoms with Gasteiger partial charge in [0.2, 0.25) is 0 Å². The number of hydrogen-bond donors (Lipinski definition) is 1. The Labute approximate surface area is 201 Å². The molecule has 6 nitrogen and oxygen atoms in total. The molecule has 1 N–H and O–H groups in total. The van der Waals surface area contributed by atoms with E-state index in [0.717, 1.165) is 68.7 Å². The number of benzene rings is 1. The second kappa shape index (κ2) is 12.6. The zero-order valence-electron chi connectivity index (χ0n) is 18.2. The Kier molecular flexibility index (Phi) is 10.5. The van der Waals surface area contributed by atoms with Gasteiger partial charge in [-0.3, -0.25) is 4.99 Å². The van der Waals surface area contributed by atoms with Gasteiger partial charge in [-0.25, -0.2) is 4.68 Å². The summed E-state index contributed by atoms with van der Waals surface area (Å²) in [5.41, 5.74) is 2.23. The topological polar surface area (TPSA) is 54.7 Å². The second-order valence-electron chi connectivity index (χ2n) is 7.38. The number of ether oxygens (including phenoxy) is 1. The lowest BCUT2D eigenvalue weighted by Crippen LogP contribution is -2.41. The Balaban J connectivity index is 0.00000320. The Morgan fingerprint density at radius 2 is 2.00 bits per heavy atom. The molecule has 166 valence electrons. The zero-order chi connectivity index (χ0) is 20.5. The van der Waals surface area contributed by atoms with E-state index in [4.69, 9.17) is 9.73 Å². The number of thioether (sulfide) groups is 1. The highest BCUT2D eigenvalue weighted by Gasteiger charge is 2.32. The van der Waals surface area contributed by atoms with Crippen LogP contribution in [0.2, 0.25) is 0 Å². The molecule has 1 fully saturated rings. The van der Waals surface area contributed by atoms with Crippen molar-refractivity contribution in [1.29, 1.82) is 0 Å². The molecular weight excluding hydrogens is 509 g/mol. The minimum absolute atomic E-state index is 0. The summed E-state index contributed by atoms with van der Waals surface area (Å²) in [4.78, 5) is 7.20. The zero-order valence-corrected chi connectivity index (χ0v) is 21.4. The molecule has 1 saturated heterocycles. The molecule has 1 aliphatic rings. The summed E-state index contributed by atoms with van der Waals surface area (Å²) in [6.45, 7) is 8.46. The van der Waals surface area contributed by atoms with E-state index in [2.05, 4.69) is 54.5 Å². The van der Waals surface area contributed by atoms with Crippen LogP contribution >= 0.6 is 35.7 Å². The van der Waals surface area contributed by atoms with Crippen LogP contribution in [0.4, 0.5) is 0 Å². The molecule has 0 aliphatic carbocycles. The van der Waals surface area contributed by atoms with Gasteiger partial charge in [0.25, 0.3) is 0 Å². The first-order valence-corrected chi connectivity index (χ1v) is 11.4. The molecule has 0 atom stereocenters. The fraction of sp³-hybridized carbons (Fsp3) is 0.545. The molecule has 1 aliphatic heterocycles. The number of nitrogens with zero attached hydrogens (tertiary/aromatic N) is 4. The summed E-state index contributed by atoms with van der Waals surface area (Å²) >= 11 is 2.03. The van der Waals surface area contributed by atoms with E-state index < -0.39 is 0 Å². The van der Waals surface area contributed by atoms with E-state index >= 15 is 0 Å². The maximum atomic E-state index is 5.59. The van der Waals surface area contributed by atoms with Crippen LogP contribution in [-0.2, 0) is 11.3 Å². The average Bonchev–Trinajstić information content (AvgIpc) is 3.21. The third-order valence-corrected chi connectivity index (χ3v) is 6.58. The Bertz CT molecular complexity index is 771. The minimum atomic E-state index is 0. The largest absolute Gasteiger partial charge is 0.381 e. The number of nitrogens with one attached hydrogen (secondary N) is 1. The van der Waals surface area contributed by atoms with Crippen LogP contribution in [0.3, 0.4) is 0 Å². The second-order valence-corrected chi connectivity index (χ2v) is 9.12. The highest BCUT2D eigenvalue weighted by molar-refractivity contribution is 14.0. The van der Waals surface area contributed by atoms with Gasteiger partial charge >= 0.3 is 0 Å². The normalized spacial score (nSPS) is 16.0. The molecule has 0 unspecified atom stereocenters. The summed E-state index contributed by atoms with van der Waals surface area (Å²) in [5.74, 6) is 2.06. The van der Waals surface area contributed by atoms with Crippen molar-refractivity contribution in [3.8, 4) is 5.69 Å². The number of halogens is 1. The van der Waals surface area contributed by atoms with Gasteiger partial charge in [0, 0.05) is 49.9 Å². The minimum Gasteiger partial charge on any atom is -0.381 e. The van der Waals surface area contributed by atoms with Crippen LogP contribution in [0.15, 0.2) is 47.7 Å². The Hall–Kier alpha value is -1.26. The Morgan fingerprint density at radius 1 is 1.27 bits per heavy atom. The molecule has 1 aromatic heterocycles. The maximum Gasteiger partial charge on any atom is 0.194 e. The summed E-state index contributed by atoms with van der Waals surface area (Å²) in [6, 6.07) is 10.2. The Morgan fingerprint density at radius 3 is 2.67 bits per heavy atom. The van der Waals surface area contributed by atoms with Gasteiger partial charge in [-0.15, -0.1) is 24.0 Å². The van der Waals surface area contributed by atoms with Crippen LogP contribution < -0.4 is 5.32 Å². The molecule has 0 radical (unpaired) electrons. The highest BCUT2D eigenvalue weighted by Crippen LogP contribution is 2.35. The number of hydrogen-bond acceptors (Lipinski definition) is 4. The van der Waals surface area contributed by atoms with Gasteiger partial charge < -0.3 is 15.0 Å². The predicted octanol–water partition coefficient (Wildman–Crippen LogP) is 4.19. The van der Waals surface area contributed by atoms with Crippen LogP contribution in [0.5, 0.6) is 0 Å². The lowest BCUT2D eigenvalue weighted by atomic mass is 9.99. The monoisotopic (exact) mass is 543 g/mol. The number of guanidine groups is 1. The van der Waals surface area contributed by atoms with E-state index in [1.54, 1.807) is 0 Å². The van der Waals surface area contributed by atoms with Gasteiger partial charge in [-0.05, 0) is 37.7 Å². The van der Waals surface area contributed by atoms with Crippen LogP contribution in [0.25, 0.3) is 5.69 Å². The third-order valence-electron chi connectivity index (χ3n) is 5.14. The van der Waals surface area contributed by atoms with Crippen LogP contribution in [0.1, 0.15) is 32.3 Å². The first-order valence-electron chi connectivity index (χ1n) is 10.5. The molecule has 0 spiro atoms. The SMILES string of the molecule is CCNC(=NCC1(SCC)CCOCC1)N(C)Cc1cnn(-c2ccccc2)c1.I.